The molecular formula is C16H30N2. The summed E-state index contributed by atoms with van der Waals surface area (Å²) in [4.78, 5) is 2.80. The third-order valence-electron chi connectivity index (χ3n) is 6.19. The van der Waals surface area contributed by atoms with Crippen LogP contribution in [0.5, 0.6) is 0 Å². The Balaban J connectivity index is 1.74. The molecule has 2 nitrogen and oxygen atoms in total. The lowest BCUT2D eigenvalue weighted by molar-refractivity contribution is 0.0561. The second-order valence-electron chi connectivity index (χ2n) is 8.10. The maximum Gasteiger partial charge on any atom is 0.0362 e. The number of likely N-dealkylation sites (tertiary alicyclic amines) is 1. The van der Waals surface area contributed by atoms with Gasteiger partial charge in [0.1, 0.15) is 0 Å². The Morgan fingerprint density at radius 3 is 2.67 bits per heavy atom. The first-order chi connectivity index (χ1) is 8.47. The highest BCUT2D eigenvalue weighted by molar-refractivity contribution is 5.12. The van der Waals surface area contributed by atoms with Crippen molar-refractivity contribution >= 4 is 0 Å². The Labute approximate surface area is 112 Å². The zero-order valence-electron chi connectivity index (χ0n) is 12.4. The zero-order valence-corrected chi connectivity index (χ0v) is 12.4. The fraction of sp³-hybridized carbons (Fsp3) is 1.00. The average Bonchev–Trinajstić information content (AvgIpc) is 2.93. The normalized spacial score (nSPS) is 45.0. The Hall–Kier alpha value is -0.0800. The van der Waals surface area contributed by atoms with E-state index in [1.807, 2.05) is 0 Å². The summed E-state index contributed by atoms with van der Waals surface area (Å²) in [6, 6.07) is 0. The molecule has 0 aromatic carbocycles. The molecule has 0 spiro atoms. The number of nitrogens with zero attached hydrogens (tertiary/aromatic N) is 1. The van der Waals surface area contributed by atoms with Crippen molar-refractivity contribution in [1.29, 1.82) is 0 Å². The Bertz CT molecular complexity index is 320. The lowest BCUT2D eigenvalue weighted by Crippen LogP contribution is -2.56. The zero-order chi connectivity index (χ0) is 13.0. The minimum absolute atomic E-state index is 0.392. The SMILES string of the molecule is CC(C)(C)C1CCN(C2(CN)CCCC3CC32)C1. The molecule has 4 atom stereocenters. The summed E-state index contributed by atoms with van der Waals surface area (Å²) < 4.78 is 0. The van der Waals surface area contributed by atoms with Gasteiger partial charge in [-0.1, -0.05) is 33.6 Å². The van der Waals surface area contributed by atoms with Crippen LogP contribution in [-0.2, 0) is 0 Å². The van der Waals surface area contributed by atoms with Crippen LogP contribution >= 0.6 is 0 Å². The fourth-order valence-electron chi connectivity index (χ4n) is 4.73. The van der Waals surface area contributed by atoms with Gasteiger partial charge in [0.25, 0.3) is 0 Å². The van der Waals surface area contributed by atoms with Crippen LogP contribution in [0.3, 0.4) is 0 Å². The maximum absolute atomic E-state index is 6.25. The van der Waals surface area contributed by atoms with Crippen molar-refractivity contribution in [1.82, 2.24) is 4.90 Å². The van der Waals surface area contributed by atoms with Crippen molar-refractivity contribution in [3.05, 3.63) is 0 Å². The molecule has 0 aromatic rings. The lowest BCUT2D eigenvalue weighted by atomic mass is 9.78. The molecular weight excluding hydrogens is 220 g/mol. The predicted molar refractivity (Wildman–Crippen MR) is 76.4 cm³/mol. The quantitative estimate of drug-likeness (QED) is 0.816. The van der Waals surface area contributed by atoms with Crippen molar-refractivity contribution in [2.75, 3.05) is 19.6 Å². The van der Waals surface area contributed by atoms with Gasteiger partial charge >= 0.3 is 0 Å². The van der Waals surface area contributed by atoms with Gasteiger partial charge in [0, 0.05) is 18.6 Å². The first-order valence-electron chi connectivity index (χ1n) is 7.92. The van der Waals surface area contributed by atoms with E-state index >= 15 is 0 Å². The third kappa shape index (κ3) is 1.92. The minimum Gasteiger partial charge on any atom is -0.329 e. The fourth-order valence-corrected chi connectivity index (χ4v) is 4.73. The summed E-state index contributed by atoms with van der Waals surface area (Å²) in [6.07, 6.45) is 7.09. The monoisotopic (exact) mass is 250 g/mol. The van der Waals surface area contributed by atoms with Crippen molar-refractivity contribution < 1.29 is 0 Å². The molecule has 2 aliphatic carbocycles. The van der Waals surface area contributed by atoms with E-state index in [0.29, 0.717) is 11.0 Å². The number of hydrogen-bond donors (Lipinski definition) is 1. The van der Waals surface area contributed by atoms with Crippen LogP contribution in [0.4, 0.5) is 0 Å². The summed E-state index contributed by atoms with van der Waals surface area (Å²) >= 11 is 0. The highest BCUT2D eigenvalue weighted by Gasteiger charge is 2.57. The lowest BCUT2D eigenvalue weighted by Gasteiger charge is -2.45. The van der Waals surface area contributed by atoms with E-state index < -0.39 is 0 Å². The van der Waals surface area contributed by atoms with E-state index in [2.05, 4.69) is 25.7 Å². The third-order valence-corrected chi connectivity index (χ3v) is 6.19. The van der Waals surface area contributed by atoms with Crippen LogP contribution in [0.1, 0.15) is 52.9 Å². The predicted octanol–water partition coefficient (Wildman–Crippen LogP) is 2.87. The van der Waals surface area contributed by atoms with E-state index in [0.717, 1.165) is 24.3 Å². The van der Waals surface area contributed by atoms with Gasteiger partial charge in [-0.15, -0.1) is 0 Å². The van der Waals surface area contributed by atoms with Crippen molar-refractivity contribution in [3.63, 3.8) is 0 Å². The second-order valence-corrected chi connectivity index (χ2v) is 8.10. The first kappa shape index (κ1) is 12.9. The van der Waals surface area contributed by atoms with Crippen LogP contribution in [0.15, 0.2) is 0 Å². The van der Waals surface area contributed by atoms with Gasteiger partial charge in [0.2, 0.25) is 0 Å². The Morgan fingerprint density at radius 1 is 1.28 bits per heavy atom. The van der Waals surface area contributed by atoms with E-state index in [4.69, 9.17) is 5.73 Å². The van der Waals surface area contributed by atoms with Crippen LogP contribution < -0.4 is 5.73 Å². The van der Waals surface area contributed by atoms with Gasteiger partial charge in [0.15, 0.2) is 0 Å². The van der Waals surface area contributed by atoms with E-state index in [-0.39, 0.29) is 0 Å². The minimum atomic E-state index is 0.392. The topological polar surface area (TPSA) is 29.3 Å². The summed E-state index contributed by atoms with van der Waals surface area (Å²) in [7, 11) is 0. The van der Waals surface area contributed by atoms with E-state index in [1.54, 1.807) is 0 Å². The Kier molecular flexibility index (Phi) is 3.02. The van der Waals surface area contributed by atoms with Crippen LogP contribution in [0.2, 0.25) is 0 Å². The molecule has 0 bridgehead atoms. The van der Waals surface area contributed by atoms with Crippen molar-refractivity contribution in [2.24, 2.45) is 28.9 Å². The summed E-state index contributed by atoms with van der Waals surface area (Å²) in [6.45, 7) is 10.7. The molecule has 0 aromatic heterocycles. The average molecular weight is 250 g/mol. The van der Waals surface area contributed by atoms with E-state index in [1.165, 1.54) is 45.2 Å². The summed E-state index contributed by atoms with van der Waals surface area (Å²) in [5.41, 5.74) is 7.10. The van der Waals surface area contributed by atoms with Gasteiger partial charge in [0.05, 0.1) is 0 Å². The molecule has 4 unspecified atom stereocenters. The largest absolute Gasteiger partial charge is 0.329 e. The molecule has 1 aliphatic heterocycles. The molecule has 0 radical (unpaired) electrons. The van der Waals surface area contributed by atoms with Crippen LogP contribution in [0, 0.1) is 23.2 Å². The number of fused-ring (bicyclic) bond motifs is 1. The Morgan fingerprint density at radius 2 is 2.06 bits per heavy atom. The molecule has 2 heteroatoms. The first-order valence-corrected chi connectivity index (χ1v) is 7.92. The van der Waals surface area contributed by atoms with Crippen LogP contribution in [-0.4, -0.2) is 30.1 Å². The molecule has 3 fully saturated rings. The molecule has 3 aliphatic rings. The molecule has 3 rings (SSSR count). The molecule has 2 saturated carbocycles. The molecule has 1 saturated heterocycles. The van der Waals surface area contributed by atoms with Gasteiger partial charge in [-0.2, -0.15) is 0 Å². The van der Waals surface area contributed by atoms with Gasteiger partial charge < -0.3 is 5.73 Å². The summed E-state index contributed by atoms with van der Waals surface area (Å²) in [5.74, 6) is 2.83. The molecule has 0 amide bonds. The molecule has 1 heterocycles. The van der Waals surface area contributed by atoms with Crippen molar-refractivity contribution in [3.8, 4) is 0 Å². The van der Waals surface area contributed by atoms with Crippen molar-refractivity contribution in [2.45, 2.75) is 58.4 Å². The van der Waals surface area contributed by atoms with Crippen LogP contribution in [0.25, 0.3) is 0 Å². The number of nitrogens with two attached hydrogens (primary N) is 1. The van der Waals surface area contributed by atoms with Gasteiger partial charge in [-0.05, 0) is 49.0 Å². The highest BCUT2D eigenvalue weighted by Crippen LogP contribution is 2.57. The van der Waals surface area contributed by atoms with Gasteiger partial charge in [-0.3, -0.25) is 4.90 Å². The molecule has 2 N–H and O–H groups in total. The number of hydrogen-bond acceptors (Lipinski definition) is 2. The van der Waals surface area contributed by atoms with Gasteiger partial charge in [-0.25, -0.2) is 0 Å². The van der Waals surface area contributed by atoms with E-state index in [9.17, 15) is 0 Å². The maximum atomic E-state index is 6.25. The molecule has 18 heavy (non-hydrogen) atoms. The second kappa shape index (κ2) is 4.21. The smallest absolute Gasteiger partial charge is 0.0362 e. The summed E-state index contributed by atoms with van der Waals surface area (Å²) in [5, 5.41) is 0. The molecule has 104 valence electrons. The standard InChI is InChI=1S/C16H30N2/c1-15(2,3)13-6-8-18(10-13)16(11-17)7-4-5-12-9-14(12)16/h12-14H,4-11,17H2,1-3H3. The highest BCUT2D eigenvalue weighted by atomic mass is 15.2. The number of rotatable bonds is 2.